The smallest absolute Gasteiger partial charge is 0.319 e. The number of primary amides is 1. The predicted molar refractivity (Wildman–Crippen MR) is 75.9 cm³/mol. The van der Waals surface area contributed by atoms with Crippen LogP contribution in [-0.2, 0) is 0 Å². The number of ether oxygens (including phenoxy) is 1. The summed E-state index contributed by atoms with van der Waals surface area (Å²) in [6.07, 6.45) is 2.31. The van der Waals surface area contributed by atoms with Gasteiger partial charge in [-0.3, -0.25) is 4.79 Å². The minimum atomic E-state index is -0.553. The van der Waals surface area contributed by atoms with Crippen molar-refractivity contribution in [1.29, 1.82) is 0 Å². The Morgan fingerprint density at radius 2 is 2.10 bits per heavy atom. The number of benzene rings is 1. The van der Waals surface area contributed by atoms with Crippen LogP contribution in [0.15, 0.2) is 18.2 Å². The first-order chi connectivity index (χ1) is 9.51. The highest BCUT2D eigenvalue weighted by Crippen LogP contribution is 2.32. The summed E-state index contributed by atoms with van der Waals surface area (Å²) in [5.74, 6) is 0.492. The number of rotatable bonds is 5. The van der Waals surface area contributed by atoms with Gasteiger partial charge in [0.15, 0.2) is 0 Å². The van der Waals surface area contributed by atoms with Crippen LogP contribution in [0.3, 0.4) is 0 Å². The van der Waals surface area contributed by atoms with Crippen LogP contribution in [0.2, 0.25) is 0 Å². The third-order valence-electron chi connectivity index (χ3n) is 3.42. The maximum absolute atomic E-state index is 11.9. The summed E-state index contributed by atoms with van der Waals surface area (Å²) >= 11 is 0. The van der Waals surface area contributed by atoms with Crippen molar-refractivity contribution in [3.8, 4) is 5.75 Å². The van der Waals surface area contributed by atoms with Crippen LogP contribution in [0, 0.1) is 5.92 Å². The molecule has 0 radical (unpaired) electrons. The van der Waals surface area contributed by atoms with E-state index < -0.39 is 5.91 Å². The van der Waals surface area contributed by atoms with Crippen molar-refractivity contribution < 1.29 is 14.3 Å². The van der Waals surface area contributed by atoms with Gasteiger partial charge in [-0.15, -0.1) is 0 Å². The van der Waals surface area contributed by atoms with Crippen LogP contribution < -0.4 is 21.1 Å². The Labute approximate surface area is 117 Å². The van der Waals surface area contributed by atoms with E-state index in [0.717, 1.165) is 12.8 Å². The van der Waals surface area contributed by atoms with Crippen molar-refractivity contribution in [2.75, 3.05) is 12.4 Å². The van der Waals surface area contributed by atoms with Gasteiger partial charge in [0.1, 0.15) is 5.75 Å². The number of anilines is 1. The van der Waals surface area contributed by atoms with Crippen LogP contribution in [0.5, 0.6) is 5.75 Å². The molecule has 1 saturated carbocycles. The number of nitrogens with one attached hydrogen (secondary N) is 2. The number of hydrogen-bond acceptors (Lipinski definition) is 3. The third-order valence-corrected chi connectivity index (χ3v) is 3.42. The van der Waals surface area contributed by atoms with Crippen molar-refractivity contribution in [3.05, 3.63) is 23.8 Å². The summed E-state index contributed by atoms with van der Waals surface area (Å²) in [5, 5.41) is 5.56. The van der Waals surface area contributed by atoms with Crippen LogP contribution in [0.1, 0.15) is 30.1 Å². The first-order valence-corrected chi connectivity index (χ1v) is 6.56. The Bertz CT molecular complexity index is 526. The first kappa shape index (κ1) is 14.2. The number of nitrogens with two attached hydrogens (primary N) is 1. The molecule has 1 aliphatic rings. The number of methoxy groups -OCH3 is 1. The molecule has 6 heteroatoms. The highest BCUT2D eigenvalue weighted by atomic mass is 16.5. The number of amides is 3. The Morgan fingerprint density at radius 1 is 1.40 bits per heavy atom. The maximum Gasteiger partial charge on any atom is 0.319 e. The van der Waals surface area contributed by atoms with Crippen molar-refractivity contribution in [2.45, 2.75) is 25.8 Å². The lowest BCUT2D eigenvalue weighted by atomic mass is 10.1. The third kappa shape index (κ3) is 3.40. The highest BCUT2D eigenvalue weighted by Gasteiger charge is 2.29. The molecule has 0 saturated heterocycles. The second-order valence-electron chi connectivity index (χ2n) is 5.00. The average Bonchev–Trinajstić information content (AvgIpc) is 3.22. The average molecular weight is 277 g/mol. The molecule has 1 aliphatic carbocycles. The molecular weight excluding hydrogens is 258 g/mol. The summed E-state index contributed by atoms with van der Waals surface area (Å²) in [7, 11) is 1.50. The van der Waals surface area contributed by atoms with Crippen molar-refractivity contribution in [2.24, 2.45) is 11.7 Å². The molecule has 108 valence electrons. The summed E-state index contributed by atoms with van der Waals surface area (Å²) < 4.78 is 5.15. The normalized spacial score (nSPS) is 15.3. The predicted octanol–water partition coefficient (Wildman–Crippen LogP) is 1.71. The lowest BCUT2D eigenvalue weighted by Crippen LogP contribution is -2.37. The fraction of sp³-hybridized carbons (Fsp3) is 0.429. The second kappa shape index (κ2) is 5.81. The quantitative estimate of drug-likeness (QED) is 0.764. The Hall–Kier alpha value is -2.24. The van der Waals surface area contributed by atoms with E-state index in [0.29, 0.717) is 22.9 Å². The van der Waals surface area contributed by atoms with E-state index in [1.54, 1.807) is 12.1 Å². The van der Waals surface area contributed by atoms with Crippen molar-refractivity contribution in [1.82, 2.24) is 5.32 Å². The topological polar surface area (TPSA) is 93.4 Å². The molecule has 2 rings (SSSR count). The molecule has 4 N–H and O–H groups in total. The lowest BCUT2D eigenvalue weighted by molar-refractivity contribution is 0.1000. The lowest BCUT2D eigenvalue weighted by Gasteiger charge is -2.15. The second-order valence-corrected chi connectivity index (χ2v) is 5.00. The zero-order valence-corrected chi connectivity index (χ0v) is 11.6. The molecule has 3 amide bonds. The molecule has 0 heterocycles. The molecule has 0 aromatic heterocycles. The Kier molecular flexibility index (Phi) is 4.12. The molecule has 1 aromatic rings. The van der Waals surface area contributed by atoms with Crippen LogP contribution in [-0.4, -0.2) is 25.1 Å². The number of carbonyl (C=O) groups is 2. The van der Waals surface area contributed by atoms with Gasteiger partial charge >= 0.3 is 6.03 Å². The van der Waals surface area contributed by atoms with Gasteiger partial charge in [0.25, 0.3) is 0 Å². The molecule has 0 spiro atoms. The SMILES string of the molecule is COc1ccc(C(N)=O)cc1NC(=O)NC(C)C1CC1. The minimum absolute atomic E-state index is 0.139. The van der Waals surface area contributed by atoms with Gasteiger partial charge in [0, 0.05) is 11.6 Å². The van der Waals surface area contributed by atoms with E-state index in [-0.39, 0.29) is 12.1 Å². The molecule has 1 atom stereocenters. The largest absolute Gasteiger partial charge is 0.495 e. The van der Waals surface area contributed by atoms with Crippen molar-refractivity contribution >= 4 is 17.6 Å². The monoisotopic (exact) mass is 277 g/mol. The van der Waals surface area contributed by atoms with Gasteiger partial charge in [-0.25, -0.2) is 4.79 Å². The fourth-order valence-corrected chi connectivity index (χ4v) is 2.04. The van der Waals surface area contributed by atoms with E-state index in [9.17, 15) is 9.59 Å². The molecule has 0 bridgehead atoms. The summed E-state index contributed by atoms with van der Waals surface area (Å²) in [6.45, 7) is 1.98. The number of urea groups is 1. The van der Waals surface area contributed by atoms with Gasteiger partial charge in [0.2, 0.25) is 5.91 Å². The summed E-state index contributed by atoms with van der Waals surface area (Å²) in [5.41, 5.74) is 5.96. The van der Waals surface area contributed by atoms with Gasteiger partial charge in [0.05, 0.1) is 12.8 Å². The van der Waals surface area contributed by atoms with Gasteiger partial charge in [-0.05, 0) is 43.9 Å². The molecule has 1 unspecified atom stereocenters. The van der Waals surface area contributed by atoms with Crippen molar-refractivity contribution in [3.63, 3.8) is 0 Å². The molecule has 6 nitrogen and oxygen atoms in total. The maximum atomic E-state index is 11.9. The minimum Gasteiger partial charge on any atom is -0.495 e. The molecular formula is C14H19N3O3. The molecule has 1 aromatic carbocycles. The number of hydrogen-bond donors (Lipinski definition) is 3. The molecule has 0 aliphatic heterocycles. The van der Waals surface area contributed by atoms with E-state index in [1.165, 1.54) is 13.2 Å². The highest BCUT2D eigenvalue weighted by molar-refractivity contribution is 5.97. The van der Waals surface area contributed by atoms with E-state index >= 15 is 0 Å². The van der Waals surface area contributed by atoms with Gasteiger partial charge < -0.3 is 21.1 Å². The van der Waals surface area contributed by atoms with Gasteiger partial charge in [-0.1, -0.05) is 0 Å². The Morgan fingerprint density at radius 3 is 2.65 bits per heavy atom. The zero-order valence-electron chi connectivity index (χ0n) is 11.6. The van der Waals surface area contributed by atoms with E-state index in [1.807, 2.05) is 6.92 Å². The van der Waals surface area contributed by atoms with Crippen LogP contribution in [0.4, 0.5) is 10.5 Å². The summed E-state index contributed by atoms with van der Waals surface area (Å²) in [6, 6.07) is 4.48. The van der Waals surface area contributed by atoms with Crippen LogP contribution in [0.25, 0.3) is 0 Å². The standard InChI is InChI=1S/C14H19N3O3/c1-8(9-3-4-9)16-14(19)17-11-7-10(13(15)18)5-6-12(11)20-2/h5-9H,3-4H2,1-2H3,(H2,15,18)(H2,16,17,19). The molecule has 20 heavy (non-hydrogen) atoms. The van der Waals surface area contributed by atoms with E-state index in [4.69, 9.17) is 10.5 Å². The van der Waals surface area contributed by atoms with Crippen LogP contribution >= 0.6 is 0 Å². The Balaban J connectivity index is 2.07. The van der Waals surface area contributed by atoms with E-state index in [2.05, 4.69) is 10.6 Å². The van der Waals surface area contributed by atoms with Gasteiger partial charge in [-0.2, -0.15) is 0 Å². The first-order valence-electron chi connectivity index (χ1n) is 6.56. The fourth-order valence-electron chi connectivity index (χ4n) is 2.04. The summed E-state index contributed by atoms with van der Waals surface area (Å²) in [4.78, 5) is 23.1. The number of carbonyl (C=O) groups excluding carboxylic acids is 2. The zero-order chi connectivity index (χ0) is 14.7. The molecule has 1 fully saturated rings.